The molecule has 0 saturated carbocycles. The van der Waals surface area contributed by atoms with Gasteiger partial charge in [-0.1, -0.05) is 12.1 Å². The Hall–Kier alpha value is -3.36. The zero-order valence-electron chi connectivity index (χ0n) is 14.5. The molecule has 1 unspecified atom stereocenters. The molecule has 1 amide bonds. The fourth-order valence-electron chi connectivity index (χ4n) is 3.16. The lowest BCUT2D eigenvalue weighted by atomic mass is 9.97. The molecule has 9 heteroatoms. The van der Waals surface area contributed by atoms with E-state index in [0.29, 0.717) is 12.4 Å². The Morgan fingerprint density at radius 3 is 2.85 bits per heavy atom. The maximum atomic E-state index is 13.8. The van der Waals surface area contributed by atoms with Crippen LogP contribution in [0.5, 0.6) is 0 Å². The van der Waals surface area contributed by atoms with Gasteiger partial charge < -0.3 is 10.2 Å². The molecule has 1 saturated heterocycles. The van der Waals surface area contributed by atoms with Crippen LogP contribution >= 0.6 is 0 Å². The van der Waals surface area contributed by atoms with Gasteiger partial charge in [0.15, 0.2) is 5.82 Å². The van der Waals surface area contributed by atoms with Crippen LogP contribution in [0.25, 0.3) is 5.82 Å². The first kappa shape index (κ1) is 17.1. The molecule has 1 atom stereocenters. The predicted molar refractivity (Wildman–Crippen MR) is 96.9 cm³/mol. The highest BCUT2D eigenvalue weighted by atomic mass is 19.1. The van der Waals surface area contributed by atoms with Crippen molar-refractivity contribution in [1.29, 1.82) is 0 Å². The van der Waals surface area contributed by atoms with E-state index in [4.69, 9.17) is 0 Å². The zero-order chi connectivity index (χ0) is 18.6. The van der Waals surface area contributed by atoms with Gasteiger partial charge in [0.1, 0.15) is 30.6 Å². The molecule has 0 bridgehead atoms. The Morgan fingerprint density at radius 2 is 2.04 bits per heavy atom. The molecule has 1 aromatic carbocycles. The Bertz CT molecular complexity index is 931. The van der Waals surface area contributed by atoms with E-state index in [2.05, 4.69) is 25.4 Å². The number of halogens is 1. The SMILES string of the molecule is O=C(Nc1ccccc1F)C1CCCN(c2cc(-n3cncn3)ncn2)C1. The number of amides is 1. The fraction of sp³-hybridized carbons (Fsp3) is 0.278. The summed E-state index contributed by atoms with van der Waals surface area (Å²) in [5.74, 6) is 0.458. The van der Waals surface area contributed by atoms with Crippen molar-refractivity contribution in [1.82, 2.24) is 24.7 Å². The second-order valence-corrected chi connectivity index (χ2v) is 6.33. The van der Waals surface area contributed by atoms with E-state index in [1.807, 2.05) is 11.0 Å². The number of carbonyl (C=O) groups is 1. The average Bonchev–Trinajstić information content (AvgIpc) is 3.25. The number of anilines is 2. The minimum Gasteiger partial charge on any atom is -0.356 e. The van der Waals surface area contributed by atoms with E-state index >= 15 is 0 Å². The minimum atomic E-state index is -0.438. The van der Waals surface area contributed by atoms with Gasteiger partial charge in [-0.3, -0.25) is 4.79 Å². The molecular weight excluding hydrogens is 349 g/mol. The van der Waals surface area contributed by atoms with E-state index in [1.165, 1.54) is 18.7 Å². The van der Waals surface area contributed by atoms with Gasteiger partial charge in [-0.15, -0.1) is 0 Å². The summed E-state index contributed by atoms with van der Waals surface area (Å²) in [6.07, 6.45) is 6.06. The second kappa shape index (κ2) is 7.48. The van der Waals surface area contributed by atoms with Crippen LogP contribution in [-0.2, 0) is 4.79 Å². The summed E-state index contributed by atoms with van der Waals surface area (Å²) in [5, 5.41) is 6.76. The molecule has 0 aliphatic carbocycles. The molecule has 138 valence electrons. The van der Waals surface area contributed by atoms with Crippen LogP contribution in [0, 0.1) is 11.7 Å². The predicted octanol–water partition coefficient (Wildman–Crippen LogP) is 2.05. The smallest absolute Gasteiger partial charge is 0.229 e. The number of rotatable bonds is 4. The number of nitrogens with one attached hydrogen (secondary N) is 1. The highest BCUT2D eigenvalue weighted by molar-refractivity contribution is 5.93. The molecular formula is C18H18FN7O. The number of nitrogens with zero attached hydrogens (tertiary/aromatic N) is 6. The van der Waals surface area contributed by atoms with Gasteiger partial charge in [0.2, 0.25) is 5.91 Å². The summed E-state index contributed by atoms with van der Waals surface area (Å²) < 4.78 is 15.3. The first-order chi connectivity index (χ1) is 13.2. The number of aromatic nitrogens is 5. The standard InChI is InChI=1S/C18H18FN7O/c19-14-5-1-2-6-15(14)24-18(27)13-4-3-7-25(9-13)16-8-17(22-11-21-16)26-12-20-10-23-26/h1-2,5-6,8,10-13H,3-4,7,9H2,(H,24,27). The van der Waals surface area contributed by atoms with Crippen LogP contribution in [-0.4, -0.2) is 43.7 Å². The lowest BCUT2D eigenvalue weighted by Gasteiger charge is -2.32. The first-order valence-electron chi connectivity index (χ1n) is 8.68. The van der Waals surface area contributed by atoms with Crippen molar-refractivity contribution in [3.8, 4) is 5.82 Å². The second-order valence-electron chi connectivity index (χ2n) is 6.33. The van der Waals surface area contributed by atoms with Crippen molar-refractivity contribution < 1.29 is 9.18 Å². The van der Waals surface area contributed by atoms with Crippen molar-refractivity contribution in [3.05, 3.63) is 55.1 Å². The third kappa shape index (κ3) is 3.76. The van der Waals surface area contributed by atoms with Crippen LogP contribution in [0.1, 0.15) is 12.8 Å². The first-order valence-corrected chi connectivity index (χ1v) is 8.68. The Kier molecular flexibility index (Phi) is 4.73. The summed E-state index contributed by atoms with van der Waals surface area (Å²) >= 11 is 0. The molecule has 0 radical (unpaired) electrons. The van der Waals surface area contributed by atoms with E-state index < -0.39 is 5.82 Å². The molecule has 1 aliphatic heterocycles. The van der Waals surface area contributed by atoms with Crippen LogP contribution in [0.4, 0.5) is 15.9 Å². The van der Waals surface area contributed by atoms with Gasteiger partial charge in [-0.05, 0) is 25.0 Å². The molecule has 27 heavy (non-hydrogen) atoms. The summed E-state index contributed by atoms with van der Waals surface area (Å²) in [6.45, 7) is 1.30. The van der Waals surface area contributed by atoms with Gasteiger partial charge in [0.25, 0.3) is 0 Å². The van der Waals surface area contributed by atoms with Gasteiger partial charge in [-0.2, -0.15) is 5.10 Å². The molecule has 4 rings (SSSR count). The van der Waals surface area contributed by atoms with Crippen LogP contribution in [0.15, 0.2) is 49.3 Å². The number of para-hydroxylation sites is 1. The molecule has 3 aromatic rings. The molecule has 8 nitrogen and oxygen atoms in total. The number of carbonyl (C=O) groups excluding carboxylic acids is 1. The monoisotopic (exact) mass is 367 g/mol. The zero-order valence-corrected chi connectivity index (χ0v) is 14.5. The fourth-order valence-corrected chi connectivity index (χ4v) is 3.16. The maximum absolute atomic E-state index is 13.8. The average molecular weight is 367 g/mol. The van der Waals surface area contributed by atoms with E-state index in [-0.39, 0.29) is 17.5 Å². The van der Waals surface area contributed by atoms with Gasteiger partial charge in [-0.25, -0.2) is 24.0 Å². The van der Waals surface area contributed by atoms with Crippen molar-refractivity contribution in [2.24, 2.45) is 5.92 Å². The molecule has 1 N–H and O–H groups in total. The summed E-state index contributed by atoms with van der Waals surface area (Å²) in [6, 6.07) is 7.98. The number of hydrogen-bond acceptors (Lipinski definition) is 6. The highest BCUT2D eigenvalue weighted by Crippen LogP contribution is 2.24. The van der Waals surface area contributed by atoms with Crippen LogP contribution in [0.2, 0.25) is 0 Å². The van der Waals surface area contributed by atoms with Crippen molar-refractivity contribution in [2.75, 3.05) is 23.3 Å². The third-order valence-electron chi connectivity index (χ3n) is 4.54. The van der Waals surface area contributed by atoms with Crippen molar-refractivity contribution >= 4 is 17.4 Å². The number of hydrogen-bond donors (Lipinski definition) is 1. The number of benzene rings is 1. The highest BCUT2D eigenvalue weighted by Gasteiger charge is 2.27. The third-order valence-corrected chi connectivity index (χ3v) is 4.54. The van der Waals surface area contributed by atoms with Gasteiger partial charge >= 0.3 is 0 Å². The van der Waals surface area contributed by atoms with Crippen LogP contribution in [0.3, 0.4) is 0 Å². The van der Waals surface area contributed by atoms with Crippen molar-refractivity contribution in [2.45, 2.75) is 12.8 Å². The summed E-state index contributed by atoms with van der Waals surface area (Å²) in [4.78, 5) is 27.1. The Labute approximate surface area is 155 Å². The van der Waals surface area contributed by atoms with Crippen molar-refractivity contribution in [3.63, 3.8) is 0 Å². The summed E-state index contributed by atoms with van der Waals surface area (Å²) in [5.41, 5.74) is 0.204. The number of piperidine rings is 1. The van der Waals surface area contributed by atoms with E-state index in [9.17, 15) is 9.18 Å². The molecule has 3 heterocycles. The molecule has 1 fully saturated rings. The summed E-state index contributed by atoms with van der Waals surface area (Å²) in [7, 11) is 0. The largest absolute Gasteiger partial charge is 0.356 e. The quantitative estimate of drug-likeness (QED) is 0.759. The molecule has 0 spiro atoms. The van der Waals surface area contributed by atoms with E-state index in [1.54, 1.807) is 29.2 Å². The molecule has 2 aromatic heterocycles. The lowest BCUT2D eigenvalue weighted by Crippen LogP contribution is -2.41. The van der Waals surface area contributed by atoms with E-state index in [0.717, 1.165) is 25.2 Å². The maximum Gasteiger partial charge on any atom is 0.229 e. The Balaban J connectivity index is 1.47. The topological polar surface area (TPSA) is 88.8 Å². The molecule has 1 aliphatic rings. The van der Waals surface area contributed by atoms with Gasteiger partial charge in [0.05, 0.1) is 11.6 Å². The lowest BCUT2D eigenvalue weighted by molar-refractivity contribution is -0.120. The minimum absolute atomic E-state index is 0.185. The van der Waals surface area contributed by atoms with Crippen LogP contribution < -0.4 is 10.2 Å². The van der Waals surface area contributed by atoms with Gasteiger partial charge in [0, 0.05) is 19.2 Å². The normalized spacial score (nSPS) is 16.9. The Morgan fingerprint density at radius 1 is 1.19 bits per heavy atom.